The smallest absolute Gasteiger partial charge is 0.310 e. The van der Waals surface area contributed by atoms with Crippen LogP contribution >= 0.6 is 0 Å². The summed E-state index contributed by atoms with van der Waals surface area (Å²) in [7, 11) is 1.68. The molecule has 0 aromatic carbocycles. The number of hydrogen-bond acceptors (Lipinski definition) is 3. The van der Waals surface area contributed by atoms with E-state index in [4.69, 9.17) is 4.74 Å². The molecule has 1 aliphatic carbocycles. The molecule has 1 amide bonds. The number of aliphatic carboxylic acids is 1. The van der Waals surface area contributed by atoms with Crippen molar-refractivity contribution in [1.82, 2.24) is 4.90 Å². The largest absolute Gasteiger partial charge is 0.481 e. The van der Waals surface area contributed by atoms with Crippen molar-refractivity contribution >= 4 is 11.9 Å². The number of carboxylic acids is 1. The molecule has 120 valence electrons. The van der Waals surface area contributed by atoms with Gasteiger partial charge in [0.2, 0.25) is 5.91 Å². The molecule has 2 unspecified atom stereocenters. The summed E-state index contributed by atoms with van der Waals surface area (Å²) in [5.41, 5.74) is -0.832. The van der Waals surface area contributed by atoms with E-state index in [1.807, 2.05) is 0 Å². The zero-order valence-electron chi connectivity index (χ0n) is 13.1. The van der Waals surface area contributed by atoms with Crippen LogP contribution in [0, 0.1) is 11.3 Å². The lowest BCUT2D eigenvalue weighted by Crippen LogP contribution is -2.49. The number of likely N-dealkylation sites (tertiary alicyclic amines) is 1. The fraction of sp³-hybridized carbons (Fsp3) is 0.875. The third-order valence-corrected chi connectivity index (χ3v) is 5.30. The van der Waals surface area contributed by atoms with Gasteiger partial charge in [0.15, 0.2) is 0 Å². The second kappa shape index (κ2) is 6.77. The number of nitrogens with zero attached hydrogens (tertiary/aromatic N) is 1. The topological polar surface area (TPSA) is 66.8 Å². The molecular formula is C16H27NO4. The van der Waals surface area contributed by atoms with Gasteiger partial charge >= 0.3 is 5.97 Å². The summed E-state index contributed by atoms with van der Waals surface area (Å²) in [6.07, 6.45) is 5.30. The minimum absolute atomic E-state index is 0.0201. The maximum atomic E-state index is 12.6. The van der Waals surface area contributed by atoms with Gasteiger partial charge in [-0.3, -0.25) is 9.59 Å². The number of rotatable bonds is 4. The monoisotopic (exact) mass is 297 g/mol. The molecule has 0 aromatic heterocycles. The van der Waals surface area contributed by atoms with E-state index >= 15 is 0 Å². The number of hydrogen-bond donors (Lipinski definition) is 1. The van der Waals surface area contributed by atoms with Gasteiger partial charge < -0.3 is 14.7 Å². The van der Waals surface area contributed by atoms with Gasteiger partial charge in [-0.1, -0.05) is 26.2 Å². The van der Waals surface area contributed by atoms with Crippen molar-refractivity contribution in [2.45, 2.75) is 58.0 Å². The highest BCUT2D eigenvalue weighted by molar-refractivity contribution is 5.85. The molecule has 5 nitrogen and oxygen atoms in total. The van der Waals surface area contributed by atoms with Crippen LogP contribution in [-0.2, 0) is 14.3 Å². The number of amides is 1. The first-order chi connectivity index (χ1) is 9.98. The Morgan fingerprint density at radius 1 is 1.29 bits per heavy atom. The first-order valence-electron chi connectivity index (χ1n) is 8.02. The molecule has 0 radical (unpaired) electrons. The number of carboxylic acid groups (broad SMARTS) is 1. The van der Waals surface area contributed by atoms with E-state index in [-0.39, 0.29) is 18.4 Å². The van der Waals surface area contributed by atoms with Crippen LogP contribution in [0.3, 0.4) is 0 Å². The number of carbonyl (C=O) groups excluding carboxylic acids is 1. The normalized spacial score (nSPS) is 29.1. The average Bonchev–Trinajstić information content (AvgIpc) is 2.48. The van der Waals surface area contributed by atoms with Crippen molar-refractivity contribution in [2.24, 2.45) is 11.3 Å². The summed E-state index contributed by atoms with van der Waals surface area (Å²) in [6, 6.07) is 0. The Morgan fingerprint density at radius 3 is 2.52 bits per heavy atom. The molecular weight excluding hydrogens is 270 g/mol. The van der Waals surface area contributed by atoms with Gasteiger partial charge in [-0.2, -0.15) is 0 Å². The van der Waals surface area contributed by atoms with E-state index in [1.54, 1.807) is 12.0 Å². The van der Waals surface area contributed by atoms with Crippen molar-refractivity contribution in [2.75, 3.05) is 20.2 Å². The van der Waals surface area contributed by atoms with Gasteiger partial charge in [0.1, 0.15) is 0 Å². The molecule has 5 heteroatoms. The second-order valence-corrected chi connectivity index (χ2v) is 6.70. The van der Waals surface area contributed by atoms with Crippen molar-refractivity contribution in [3.63, 3.8) is 0 Å². The summed E-state index contributed by atoms with van der Waals surface area (Å²) >= 11 is 0. The highest BCUT2D eigenvalue weighted by Gasteiger charge is 2.43. The lowest BCUT2D eigenvalue weighted by atomic mass is 9.71. The van der Waals surface area contributed by atoms with Crippen LogP contribution in [0.5, 0.6) is 0 Å². The van der Waals surface area contributed by atoms with E-state index in [9.17, 15) is 14.7 Å². The van der Waals surface area contributed by atoms with E-state index in [2.05, 4.69) is 6.92 Å². The Labute approximate surface area is 126 Å². The van der Waals surface area contributed by atoms with E-state index in [0.717, 1.165) is 32.2 Å². The predicted molar refractivity (Wildman–Crippen MR) is 78.9 cm³/mol. The molecule has 0 bridgehead atoms. The van der Waals surface area contributed by atoms with Crippen LogP contribution in [0.1, 0.15) is 51.9 Å². The number of piperidine rings is 1. The minimum Gasteiger partial charge on any atom is -0.481 e. The maximum Gasteiger partial charge on any atom is 0.310 e. The fourth-order valence-electron chi connectivity index (χ4n) is 3.66. The van der Waals surface area contributed by atoms with Gasteiger partial charge in [-0.15, -0.1) is 0 Å². The van der Waals surface area contributed by atoms with Crippen molar-refractivity contribution in [1.29, 1.82) is 0 Å². The van der Waals surface area contributed by atoms with Crippen LogP contribution in [0.4, 0.5) is 0 Å². The molecule has 2 aliphatic rings. The van der Waals surface area contributed by atoms with Crippen LogP contribution in [-0.4, -0.2) is 48.2 Å². The molecule has 1 saturated carbocycles. The van der Waals surface area contributed by atoms with Crippen molar-refractivity contribution in [3.05, 3.63) is 0 Å². The lowest BCUT2D eigenvalue weighted by Gasteiger charge is -2.39. The van der Waals surface area contributed by atoms with Crippen molar-refractivity contribution < 1.29 is 19.4 Å². The van der Waals surface area contributed by atoms with E-state index < -0.39 is 11.4 Å². The first kappa shape index (κ1) is 16.3. The first-order valence-corrected chi connectivity index (χ1v) is 8.02. The van der Waals surface area contributed by atoms with Crippen molar-refractivity contribution in [3.8, 4) is 0 Å². The average molecular weight is 297 g/mol. The van der Waals surface area contributed by atoms with E-state index in [0.29, 0.717) is 25.3 Å². The standard InChI is InChI=1S/C16H27NO4/c1-12-6-9-17(11-13(12)21-2)14(18)10-16(15(19)20)7-4-3-5-8-16/h12-13H,3-11H2,1-2H3,(H,19,20). The minimum atomic E-state index is -0.832. The SMILES string of the molecule is COC1CN(C(=O)CC2(C(=O)O)CCCCC2)CCC1C. The highest BCUT2D eigenvalue weighted by atomic mass is 16.5. The van der Waals surface area contributed by atoms with Gasteiger partial charge in [-0.05, 0) is 25.2 Å². The zero-order valence-corrected chi connectivity index (χ0v) is 13.1. The van der Waals surface area contributed by atoms with Crippen LogP contribution in [0.15, 0.2) is 0 Å². The summed E-state index contributed by atoms with van der Waals surface area (Å²) in [6.45, 7) is 3.44. The molecule has 2 fully saturated rings. The molecule has 21 heavy (non-hydrogen) atoms. The van der Waals surface area contributed by atoms with E-state index in [1.165, 1.54) is 0 Å². The van der Waals surface area contributed by atoms with Gasteiger partial charge in [0.25, 0.3) is 0 Å². The Bertz CT molecular complexity index is 390. The summed E-state index contributed by atoms with van der Waals surface area (Å²) in [4.78, 5) is 26.0. The van der Waals surface area contributed by atoms with Crippen LogP contribution in [0.2, 0.25) is 0 Å². The van der Waals surface area contributed by atoms with Crippen LogP contribution in [0.25, 0.3) is 0 Å². The molecule has 0 aromatic rings. The Balaban J connectivity index is 2.00. The Kier molecular flexibility index (Phi) is 5.25. The van der Waals surface area contributed by atoms with Gasteiger partial charge in [-0.25, -0.2) is 0 Å². The second-order valence-electron chi connectivity index (χ2n) is 6.70. The molecule has 1 N–H and O–H groups in total. The Hall–Kier alpha value is -1.10. The molecule has 1 saturated heterocycles. The molecule has 2 rings (SSSR count). The van der Waals surface area contributed by atoms with Crippen LogP contribution < -0.4 is 0 Å². The van der Waals surface area contributed by atoms with Gasteiger partial charge in [0, 0.05) is 26.6 Å². The zero-order chi connectivity index (χ0) is 15.5. The maximum absolute atomic E-state index is 12.6. The third-order valence-electron chi connectivity index (χ3n) is 5.30. The third kappa shape index (κ3) is 3.57. The highest BCUT2D eigenvalue weighted by Crippen LogP contribution is 2.40. The summed E-state index contributed by atoms with van der Waals surface area (Å²) in [5.74, 6) is -0.375. The van der Waals surface area contributed by atoms with Gasteiger partial charge in [0.05, 0.1) is 11.5 Å². The fourth-order valence-corrected chi connectivity index (χ4v) is 3.66. The summed E-state index contributed by atoms with van der Waals surface area (Å²) < 4.78 is 5.44. The molecule has 1 heterocycles. The number of methoxy groups -OCH3 is 1. The number of carbonyl (C=O) groups is 2. The number of ether oxygens (including phenoxy) is 1. The quantitative estimate of drug-likeness (QED) is 0.864. The summed E-state index contributed by atoms with van der Waals surface area (Å²) in [5, 5.41) is 9.58. The predicted octanol–water partition coefficient (Wildman–Crippen LogP) is 2.29. The molecule has 0 spiro atoms. The molecule has 1 aliphatic heterocycles. The Morgan fingerprint density at radius 2 is 1.95 bits per heavy atom. The lowest BCUT2D eigenvalue weighted by molar-refractivity contribution is -0.157. The molecule has 2 atom stereocenters.